The van der Waals surface area contributed by atoms with Crippen LogP contribution in [0.1, 0.15) is 32.7 Å². The number of amides is 2. The summed E-state index contributed by atoms with van der Waals surface area (Å²) in [4.78, 5) is 32.7. The van der Waals surface area contributed by atoms with E-state index in [1.807, 2.05) is 10.8 Å². The summed E-state index contributed by atoms with van der Waals surface area (Å²) in [5.41, 5.74) is -9.00. The first-order valence-corrected chi connectivity index (χ1v) is 11.7. The Morgan fingerprint density at radius 2 is 1.50 bits per heavy atom. The molecule has 0 aliphatic carbocycles. The van der Waals surface area contributed by atoms with Crippen LogP contribution in [0.4, 0.5) is 52.7 Å². The molecule has 3 heterocycles. The summed E-state index contributed by atoms with van der Waals surface area (Å²) >= 11 is 0. The highest BCUT2D eigenvalue weighted by molar-refractivity contribution is 6.01. The third-order valence-electron chi connectivity index (χ3n) is 6.07. The molecule has 4 rings (SSSR count). The van der Waals surface area contributed by atoms with E-state index in [2.05, 4.69) is 9.82 Å². The van der Waals surface area contributed by atoms with Crippen LogP contribution in [0.25, 0.3) is 11.3 Å². The van der Waals surface area contributed by atoms with Crippen LogP contribution in [0.15, 0.2) is 48.8 Å². The van der Waals surface area contributed by atoms with Crippen LogP contribution in [-0.4, -0.2) is 46.6 Å². The molecule has 1 unspecified atom stereocenters. The average molecular weight is 649 g/mol. The van der Waals surface area contributed by atoms with E-state index in [4.69, 9.17) is 0 Å². The van der Waals surface area contributed by atoms with Crippen molar-refractivity contribution < 1.29 is 67.1 Å². The van der Waals surface area contributed by atoms with Crippen molar-refractivity contribution in [2.75, 3.05) is 13.1 Å². The molecule has 20 heteroatoms. The van der Waals surface area contributed by atoms with Gasteiger partial charge in [0.15, 0.2) is 0 Å². The minimum atomic E-state index is -5.62. The van der Waals surface area contributed by atoms with Crippen molar-refractivity contribution in [2.24, 2.45) is 0 Å². The Balaban J connectivity index is 1.73. The van der Waals surface area contributed by atoms with E-state index in [0.717, 1.165) is 28.9 Å². The topological polar surface area (TPSA) is 96.8 Å². The fourth-order valence-electron chi connectivity index (χ4n) is 4.07. The molecule has 3 aromatic rings. The summed E-state index contributed by atoms with van der Waals surface area (Å²) < 4.78 is 161. The van der Waals surface area contributed by atoms with Crippen LogP contribution in [0.3, 0.4) is 0 Å². The van der Waals surface area contributed by atoms with Gasteiger partial charge in [-0.3, -0.25) is 24.3 Å². The molecule has 1 aromatic carbocycles. The second-order valence-electron chi connectivity index (χ2n) is 9.12. The molecule has 0 saturated heterocycles. The Kier molecular flexibility index (Phi) is 8.03. The molecule has 0 fully saturated rings. The number of hydrogen-bond donors (Lipinski definition) is 3. The van der Waals surface area contributed by atoms with Crippen LogP contribution < -0.4 is 16.1 Å². The van der Waals surface area contributed by atoms with Crippen LogP contribution in [0, 0.1) is 0 Å². The molecule has 3 N–H and O–H groups in total. The number of carbonyl (C=O) groups excluding carboxylic acids is 2. The summed E-state index contributed by atoms with van der Waals surface area (Å²) in [6.07, 6.45) is -18.8. The van der Waals surface area contributed by atoms with Crippen molar-refractivity contribution in [3.8, 4) is 0 Å². The molecule has 1 aliphatic rings. The summed E-state index contributed by atoms with van der Waals surface area (Å²) in [6, 6.07) is 1.39. The summed E-state index contributed by atoms with van der Waals surface area (Å²) in [6.45, 7) is -2.56. The average Bonchev–Trinajstić information content (AvgIpc) is 3.57. The Labute approximate surface area is 236 Å². The fourth-order valence-corrected chi connectivity index (χ4v) is 4.07. The van der Waals surface area contributed by atoms with E-state index >= 15 is 0 Å². The molecular weight excluding hydrogens is 634 g/mol. The lowest BCUT2D eigenvalue weighted by Crippen LogP contribution is -2.43. The Bertz CT molecular complexity index is 1590. The first kappa shape index (κ1) is 32.4. The van der Waals surface area contributed by atoms with E-state index in [-0.39, 0.29) is 41.2 Å². The number of carbonyl (C=O) groups is 2. The Hall–Kier alpha value is -4.49. The predicted octanol–water partition coefficient (Wildman–Crippen LogP) is 5.11. The lowest BCUT2D eigenvalue weighted by atomic mass is 9.89. The molecule has 1 aliphatic heterocycles. The first-order valence-electron chi connectivity index (χ1n) is 11.7. The monoisotopic (exact) mass is 649 g/mol. The maximum absolute atomic E-state index is 14.4. The number of hydrogen-bond acceptors (Lipinski definition) is 5. The number of pyridine rings is 1. The van der Waals surface area contributed by atoms with Crippen molar-refractivity contribution >= 4 is 23.2 Å². The van der Waals surface area contributed by atoms with Crippen LogP contribution in [-0.2, 0) is 27.6 Å². The van der Waals surface area contributed by atoms with Crippen molar-refractivity contribution in [2.45, 2.75) is 30.3 Å². The van der Waals surface area contributed by atoms with E-state index < -0.39 is 77.6 Å². The second kappa shape index (κ2) is 10.9. The number of hydroxylamine groups is 1. The molecule has 0 spiro atoms. The molecule has 0 radical (unpaired) electrons. The third kappa shape index (κ3) is 6.53. The molecule has 238 valence electrons. The zero-order chi connectivity index (χ0) is 32.9. The Morgan fingerprint density at radius 1 is 0.886 bits per heavy atom. The van der Waals surface area contributed by atoms with E-state index in [1.54, 1.807) is 0 Å². The van der Waals surface area contributed by atoms with E-state index in [0.29, 0.717) is 0 Å². The molecular formula is C24H15F12N5O3. The quantitative estimate of drug-likeness (QED) is 0.323. The standard InChI is InChI=1S/C24H15F12N5O3/c25-21(26,27)10-39-17(42)9-38-19(43)14-1-2-16(41-4-3-37-18(14)41)15-8-20(44-40-15,24(34,35)36)11-5-12(22(28,29)30)7-13(6-11)23(31,32)33/h1-8,40H,9-10H2,(H,38,43)(H,39,42). The van der Waals surface area contributed by atoms with Gasteiger partial charge in [-0.05, 0) is 36.4 Å². The molecule has 2 amide bonds. The molecule has 0 bridgehead atoms. The second-order valence-corrected chi connectivity index (χ2v) is 9.12. The number of imidazole rings is 1. The van der Waals surface area contributed by atoms with Gasteiger partial charge in [0, 0.05) is 18.0 Å². The van der Waals surface area contributed by atoms with Gasteiger partial charge in [0.2, 0.25) is 11.5 Å². The first-order chi connectivity index (χ1) is 20.1. The highest BCUT2D eigenvalue weighted by atomic mass is 19.4. The van der Waals surface area contributed by atoms with Gasteiger partial charge >= 0.3 is 24.7 Å². The molecule has 2 aromatic heterocycles. The zero-order valence-electron chi connectivity index (χ0n) is 21.2. The highest BCUT2D eigenvalue weighted by Crippen LogP contribution is 2.49. The van der Waals surface area contributed by atoms with Crippen LogP contribution in [0.2, 0.25) is 0 Å². The highest BCUT2D eigenvalue weighted by Gasteiger charge is 2.60. The number of rotatable bonds is 6. The fraction of sp³-hybridized carbons (Fsp3) is 0.292. The van der Waals surface area contributed by atoms with Crippen LogP contribution in [0.5, 0.6) is 0 Å². The maximum atomic E-state index is 14.4. The number of aromatic nitrogens is 2. The van der Waals surface area contributed by atoms with Gasteiger partial charge in [0.25, 0.3) is 5.91 Å². The van der Waals surface area contributed by atoms with E-state index in [1.165, 1.54) is 5.32 Å². The lowest BCUT2D eigenvalue weighted by molar-refractivity contribution is -0.269. The predicted molar refractivity (Wildman–Crippen MR) is 123 cm³/mol. The number of benzene rings is 1. The van der Waals surface area contributed by atoms with Crippen molar-refractivity contribution in [1.82, 2.24) is 25.5 Å². The Morgan fingerprint density at radius 3 is 2.05 bits per heavy atom. The van der Waals surface area contributed by atoms with Gasteiger partial charge in [0.1, 0.15) is 12.2 Å². The number of fused-ring (bicyclic) bond motifs is 1. The molecule has 0 saturated carbocycles. The number of nitrogens with one attached hydrogen (secondary N) is 3. The lowest BCUT2D eigenvalue weighted by Gasteiger charge is -2.29. The molecule has 44 heavy (non-hydrogen) atoms. The summed E-state index contributed by atoms with van der Waals surface area (Å²) in [5.74, 6) is -2.23. The van der Waals surface area contributed by atoms with Gasteiger partial charge in [-0.2, -0.15) is 52.7 Å². The molecule has 1 atom stereocenters. The largest absolute Gasteiger partial charge is 0.428 e. The zero-order valence-corrected chi connectivity index (χ0v) is 21.2. The van der Waals surface area contributed by atoms with E-state index in [9.17, 15) is 62.3 Å². The number of halogens is 12. The number of nitrogens with zero attached hydrogens (tertiary/aromatic N) is 2. The van der Waals surface area contributed by atoms with Gasteiger partial charge in [-0.15, -0.1) is 0 Å². The van der Waals surface area contributed by atoms with Gasteiger partial charge in [0.05, 0.1) is 34.6 Å². The smallest absolute Gasteiger partial charge is 0.345 e. The van der Waals surface area contributed by atoms with Crippen molar-refractivity contribution in [1.29, 1.82) is 0 Å². The third-order valence-corrected chi connectivity index (χ3v) is 6.07. The van der Waals surface area contributed by atoms with Gasteiger partial charge in [-0.25, -0.2) is 4.98 Å². The summed E-state index contributed by atoms with van der Waals surface area (Å²) in [7, 11) is 0. The summed E-state index contributed by atoms with van der Waals surface area (Å²) in [5, 5.41) is 3.55. The minimum Gasteiger partial charge on any atom is -0.345 e. The molecule has 8 nitrogen and oxygen atoms in total. The SMILES string of the molecule is O=C(CNC(=O)c1ccc(C2=CC(c3cc(C(F)(F)F)cc(C(F)(F)F)c3)(C(F)(F)F)ON2)n2ccnc12)NCC(F)(F)F. The van der Waals surface area contributed by atoms with Gasteiger partial charge < -0.3 is 10.6 Å². The normalized spacial score (nSPS) is 17.8. The van der Waals surface area contributed by atoms with Crippen molar-refractivity contribution in [3.05, 3.63) is 76.7 Å². The minimum absolute atomic E-state index is 0.130. The number of alkyl halides is 12. The van der Waals surface area contributed by atoms with Gasteiger partial charge in [-0.1, -0.05) is 0 Å². The van der Waals surface area contributed by atoms with Crippen molar-refractivity contribution in [3.63, 3.8) is 0 Å². The maximum Gasteiger partial charge on any atom is 0.428 e. The van der Waals surface area contributed by atoms with Crippen LogP contribution >= 0.6 is 0 Å².